The molecule has 1 aliphatic rings. The van der Waals surface area contributed by atoms with E-state index < -0.39 is 15.1 Å². The van der Waals surface area contributed by atoms with Crippen molar-refractivity contribution in [2.75, 3.05) is 20.2 Å². The van der Waals surface area contributed by atoms with Gasteiger partial charge < -0.3 is 9.64 Å². The van der Waals surface area contributed by atoms with Crippen LogP contribution in [0.2, 0.25) is 0 Å². The van der Waals surface area contributed by atoms with Crippen molar-refractivity contribution in [3.05, 3.63) is 59.2 Å². The molecule has 3 rings (SSSR count). The van der Waals surface area contributed by atoms with Gasteiger partial charge in [0.25, 0.3) is 5.91 Å². The van der Waals surface area contributed by atoms with Crippen molar-refractivity contribution in [2.24, 2.45) is 0 Å². The number of likely N-dealkylation sites (tertiary alicyclic amines) is 1. The van der Waals surface area contributed by atoms with Crippen LogP contribution in [0.1, 0.15) is 21.5 Å². The van der Waals surface area contributed by atoms with Gasteiger partial charge in [0.15, 0.2) is 9.84 Å². The molecule has 0 atom stereocenters. The molecule has 5 nitrogen and oxygen atoms in total. The maximum Gasteiger partial charge on any atom is 0.254 e. The molecule has 0 unspecified atom stereocenters. The minimum atomic E-state index is -3.44. The SMILES string of the molecule is COc1ccc(S(=O)(=O)C2CN(C(=O)c3ccc(C)cc3C)C2)cc1. The van der Waals surface area contributed by atoms with Crippen LogP contribution in [0.5, 0.6) is 5.75 Å². The van der Waals surface area contributed by atoms with Gasteiger partial charge >= 0.3 is 0 Å². The molecule has 2 aromatic carbocycles. The predicted octanol–water partition coefficient (Wildman–Crippen LogP) is 2.61. The first-order valence-corrected chi connectivity index (χ1v) is 9.62. The first kappa shape index (κ1) is 17.5. The van der Waals surface area contributed by atoms with E-state index in [0.29, 0.717) is 11.3 Å². The smallest absolute Gasteiger partial charge is 0.254 e. The molecule has 1 amide bonds. The molecule has 0 N–H and O–H groups in total. The first-order chi connectivity index (χ1) is 11.8. The summed E-state index contributed by atoms with van der Waals surface area (Å²) in [4.78, 5) is 14.4. The summed E-state index contributed by atoms with van der Waals surface area (Å²) in [6.07, 6.45) is 0. The summed E-state index contributed by atoms with van der Waals surface area (Å²) in [5.41, 5.74) is 2.63. The van der Waals surface area contributed by atoms with Crippen LogP contribution in [0.15, 0.2) is 47.4 Å². The summed E-state index contributed by atoms with van der Waals surface area (Å²) in [5.74, 6) is 0.498. The summed E-state index contributed by atoms with van der Waals surface area (Å²) in [6, 6.07) is 12.0. The van der Waals surface area contributed by atoms with Crippen LogP contribution < -0.4 is 4.74 Å². The highest BCUT2D eigenvalue weighted by Crippen LogP contribution is 2.27. The lowest BCUT2D eigenvalue weighted by molar-refractivity contribution is 0.0658. The zero-order chi connectivity index (χ0) is 18.2. The third-order valence-electron chi connectivity index (χ3n) is 4.57. The number of ether oxygens (including phenoxy) is 1. The third kappa shape index (κ3) is 3.26. The minimum Gasteiger partial charge on any atom is -0.497 e. The van der Waals surface area contributed by atoms with Gasteiger partial charge in [-0.05, 0) is 49.7 Å². The van der Waals surface area contributed by atoms with Crippen LogP contribution in [0.4, 0.5) is 0 Å². The Balaban J connectivity index is 1.71. The van der Waals surface area contributed by atoms with Crippen molar-refractivity contribution in [1.82, 2.24) is 4.90 Å². The van der Waals surface area contributed by atoms with Gasteiger partial charge in [-0.3, -0.25) is 4.79 Å². The molecule has 0 aliphatic carbocycles. The Bertz CT molecular complexity index is 898. The van der Waals surface area contributed by atoms with E-state index in [-0.39, 0.29) is 23.9 Å². The molecule has 1 aliphatic heterocycles. The van der Waals surface area contributed by atoms with Crippen molar-refractivity contribution >= 4 is 15.7 Å². The Morgan fingerprint density at radius 1 is 1.08 bits per heavy atom. The van der Waals surface area contributed by atoms with E-state index in [9.17, 15) is 13.2 Å². The Kier molecular flexibility index (Phi) is 4.56. The minimum absolute atomic E-state index is 0.112. The molecule has 0 bridgehead atoms. The number of carbonyl (C=O) groups is 1. The van der Waals surface area contributed by atoms with Crippen molar-refractivity contribution in [1.29, 1.82) is 0 Å². The normalized spacial score (nSPS) is 14.9. The lowest BCUT2D eigenvalue weighted by Crippen LogP contribution is -2.56. The maximum atomic E-state index is 12.7. The Hall–Kier alpha value is -2.34. The molecule has 2 aromatic rings. The lowest BCUT2D eigenvalue weighted by atomic mass is 10.0. The molecule has 0 aromatic heterocycles. The van der Waals surface area contributed by atoms with E-state index in [1.54, 1.807) is 35.2 Å². The van der Waals surface area contributed by atoms with Crippen molar-refractivity contribution in [3.63, 3.8) is 0 Å². The summed E-state index contributed by atoms with van der Waals surface area (Å²) < 4.78 is 30.4. The van der Waals surface area contributed by atoms with Gasteiger partial charge in [-0.25, -0.2) is 8.42 Å². The number of amides is 1. The monoisotopic (exact) mass is 359 g/mol. The Labute approximate surface area is 148 Å². The molecule has 6 heteroatoms. The summed E-state index contributed by atoms with van der Waals surface area (Å²) in [7, 11) is -1.91. The van der Waals surface area contributed by atoms with Gasteiger partial charge in [-0.1, -0.05) is 17.7 Å². The number of nitrogens with zero attached hydrogens (tertiary/aromatic N) is 1. The third-order valence-corrected chi connectivity index (χ3v) is 6.68. The first-order valence-electron chi connectivity index (χ1n) is 8.07. The van der Waals surface area contributed by atoms with Gasteiger partial charge in [0.05, 0.1) is 12.0 Å². The van der Waals surface area contributed by atoms with Gasteiger partial charge in [0, 0.05) is 18.7 Å². The van der Waals surface area contributed by atoms with Crippen molar-refractivity contribution in [2.45, 2.75) is 24.0 Å². The molecule has 25 heavy (non-hydrogen) atoms. The number of carbonyl (C=O) groups excluding carboxylic acids is 1. The van der Waals surface area contributed by atoms with E-state index >= 15 is 0 Å². The number of sulfone groups is 1. The fourth-order valence-electron chi connectivity index (χ4n) is 2.98. The van der Waals surface area contributed by atoms with Crippen molar-refractivity contribution < 1.29 is 17.9 Å². The summed E-state index contributed by atoms with van der Waals surface area (Å²) in [6.45, 7) is 4.31. The van der Waals surface area contributed by atoms with Crippen LogP contribution in [0.25, 0.3) is 0 Å². The van der Waals surface area contributed by atoms with Gasteiger partial charge in [-0.2, -0.15) is 0 Å². The van der Waals surface area contributed by atoms with E-state index in [1.165, 1.54) is 7.11 Å². The number of hydrogen-bond acceptors (Lipinski definition) is 4. The highest BCUT2D eigenvalue weighted by atomic mass is 32.2. The number of benzene rings is 2. The van der Waals surface area contributed by atoms with Crippen LogP contribution in [0, 0.1) is 13.8 Å². The second kappa shape index (κ2) is 6.52. The quantitative estimate of drug-likeness (QED) is 0.842. The number of rotatable bonds is 4. The molecule has 1 saturated heterocycles. The number of aryl methyl sites for hydroxylation is 2. The largest absolute Gasteiger partial charge is 0.497 e. The van der Waals surface area contributed by atoms with Crippen LogP contribution >= 0.6 is 0 Å². The highest BCUT2D eigenvalue weighted by molar-refractivity contribution is 7.92. The molecular formula is C19H21NO4S. The molecule has 0 radical (unpaired) electrons. The van der Waals surface area contributed by atoms with Crippen LogP contribution in [-0.2, 0) is 9.84 Å². The molecular weight excluding hydrogens is 338 g/mol. The van der Waals surface area contributed by atoms with Crippen molar-refractivity contribution in [3.8, 4) is 5.75 Å². The van der Waals surface area contributed by atoms with E-state index in [1.807, 2.05) is 26.0 Å². The van der Waals surface area contributed by atoms with Gasteiger partial charge in [0.2, 0.25) is 0 Å². The second-order valence-electron chi connectivity index (χ2n) is 6.37. The average Bonchev–Trinajstić information content (AvgIpc) is 2.53. The number of hydrogen-bond donors (Lipinski definition) is 0. The molecule has 0 saturated carbocycles. The summed E-state index contributed by atoms with van der Waals surface area (Å²) >= 11 is 0. The zero-order valence-electron chi connectivity index (χ0n) is 14.5. The van der Waals surface area contributed by atoms with E-state index in [4.69, 9.17) is 4.74 Å². The fraction of sp³-hybridized carbons (Fsp3) is 0.316. The van der Waals surface area contributed by atoms with Gasteiger partial charge in [0.1, 0.15) is 11.0 Å². The molecule has 1 heterocycles. The molecule has 1 fully saturated rings. The highest BCUT2D eigenvalue weighted by Gasteiger charge is 2.40. The molecule has 132 valence electrons. The topological polar surface area (TPSA) is 63.7 Å². The van der Waals surface area contributed by atoms with Crippen LogP contribution in [0.3, 0.4) is 0 Å². The summed E-state index contributed by atoms with van der Waals surface area (Å²) in [5, 5.41) is -0.560. The van der Waals surface area contributed by atoms with E-state index in [2.05, 4.69) is 0 Å². The average molecular weight is 359 g/mol. The van der Waals surface area contributed by atoms with Crippen LogP contribution in [-0.4, -0.2) is 44.7 Å². The standard InChI is InChI=1S/C19H21NO4S/c1-13-4-9-18(14(2)10-13)19(21)20-11-17(12-20)25(22,23)16-7-5-15(24-3)6-8-16/h4-10,17H,11-12H2,1-3H3. The van der Waals surface area contributed by atoms with Gasteiger partial charge in [-0.15, -0.1) is 0 Å². The lowest BCUT2D eigenvalue weighted by Gasteiger charge is -2.39. The number of methoxy groups -OCH3 is 1. The Morgan fingerprint density at radius 3 is 2.28 bits per heavy atom. The fourth-order valence-corrected chi connectivity index (χ4v) is 4.63. The Morgan fingerprint density at radius 2 is 1.72 bits per heavy atom. The molecule has 0 spiro atoms. The van der Waals surface area contributed by atoms with E-state index in [0.717, 1.165) is 11.1 Å². The zero-order valence-corrected chi connectivity index (χ0v) is 15.3. The second-order valence-corrected chi connectivity index (χ2v) is 8.60. The predicted molar refractivity (Wildman–Crippen MR) is 95.8 cm³/mol. The maximum absolute atomic E-state index is 12.7.